The maximum Gasteiger partial charge on any atom is 0.179 e. The minimum Gasteiger partial charge on any atom is -0.292 e. The highest BCUT2D eigenvalue weighted by Gasteiger charge is 2.23. The van der Waals surface area contributed by atoms with Gasteiger partial charge in [-0.3, -0.25) is 9.69 Å². The Balaban J connectivity index is 2.94. The predicted molar refractivity (Wildman–Crippen MR) is 81.7 cm³/mol. The fourth-order valence-corrected chi connectivity index (χ4v) is 2.35. The zero-order chi connectivity index (χ0) is 15.3. The summed E-state index contributed by atoms with van der Waals surface area (Å²) in [6.07, 6.45) is 0. The second kappa shape index (κ2) is 7.21. The predicted octanol–water partition coefficient (Wildman–Crippen LogP) is 3.36. The van der Waals surface area contributed by atoms with Crippen molar-refractivity contribution in [2.24, 2.45) is 5.92 Å². The number of likely N-dealkylation sites (N-methyl/N-ethyl adjacent to an activating group) is 1. The molecule has 0 radical (unpaired) electrons. The van der Waals surface area contributed by atoms with Crippen LogP contribution in [0.1, 0.15) is 42.3 Å². The van der Waals surface area contributed by atoms with Crippen LogP contribution in [0.25, 0.3) is 0 Å². The standard InChI is InChI=1S/C17H24N2O/c1-6-19(11-13(3)10-18)15(5)17(20)16-9-12(2)7-8-14(16)4/h7-9,13,15H,6,11H2,1-5H3. The van der Waals surface area contributed by atoms with Crippen molar-refractivity contribution in [2.75, 3.05) is 13.1 Å². The van der Waals surface area contributed by atoms with Gasteiger partial charge in [0.2, 0.25) is 0 Å². The summed E-state index contributed by atoms with van der Waals surface area (Å²) < 4.78 is 0. The van der Waals surface area contributed by atoms with E-state index in [2.05, 4.69) is 11.0 Å². The molecule has 2 unspecified atom stereocenters. The van der Waals surface area contributed by atoms with Gasteiger partial charge in [-0.15, -0.1) is 0 Å². The van der Waals surface area contributed by atoms with Gasteiger partial charge >= 0.3 is 0 Å². The number of hydrogen-bond donors (Lipinski definition) is 0. The molecule has 0 aliphatic heterocycles. The molecule has 20 heavy (non-hydrogen) atoms. The van der Waals surface area contributed by atoms with Crippen LogP contribution in [-0.2, 0) is 0 Å². The van der Waals surface area contributed by atoms with Crippen molar-refractivity contribution >= 4 is 5.78 Å². The Morgan fingerprint density at radius 1 is 1.35 bits per heavy atom. The van der Waals surface area contributed by atoms with Crippen LogP contribution in [0.3, 0.4) is 0 Å². The van der Waals surface area contributed by atoms with Crippen LogP contribution in [0.5, 0.6) is 0 Å². The van der Waals surface area contributed by atoms with E-state index >= 15 is 0 Å². The highest BCUT2D eigenvalue weighted by atomic mass is 16.1. The zero-order valence-corrected chi connectivity index (χ0v) is 13.1. The van der Waals surface area contributed by atoms with Gasteiger partial charge < -0.3 is 0 Å². The molecular formula is C17H24N2O. The van der Waals surface area contributed by atoms with E-state index in [9.17, 15) is 4.79 Å². The molecule has 0 N–H and O–H groups in total. The minimum absolute atomic E-state index is 0.0659. The van der Waals surface area contributed by atoms with E-state index in [1.54, 1.807) is 0 Å². The molecule has 2 atom stereocenters. The minimum atomic E-state index is -0.198. The van der Waals surface area contributed by atoms with Crippen molar-refractivity contribution in [3.8, 4) is 6.07 Å². The Labute approximate surface area is 122 Å². The maximum absolute atomic E-state index is 12.7. The topological polar surface area (TPSA) is 44.1 Å². The fraction of sp³-hybridized carbons (Fsp3) is 0.529. The molecule has 3 nitrogen and oxygen atoms in total. The number of rotatable bonds is 6. The number of ketones is 1. The Hall–Kier alpha value is -1.66. The van der Waals surface area contributed by atoms with Gasteiger partial charge in [0.1, 0.15) is 0 Å². The molecule has 0 saturated carbocycles. The number of carbonyl (C=O) groups excluding carboxylic acids is 1. The first-order valence-corrected chi connectivity index (χ1v) is 7.15. The molecule has 0 amide bonds. The summed E-state index contributed by atoms with van der Waals surface area (Å²) in [4.78, 5) is 14.7. The van der Waals surface area contributed by atoms with Crippen molar-refractivity contribution in [3.63, 3.8) is 0 Å². The second-order valence-corrected chi connectivity index (χ2v) is 5.48. The number of nitriles is 1. The molecule has 0 saturated heterocycles. The summed E-state index contributed by atoms with van der Waals surface area (Å²) in [5, 5.41) is 8.94. The van der Waals surface area contributed by atoms with Gasteiger partial charge in [0.05, 0.1) is 18.0 Å². The molecule has 3 heteroatoms. The lowest BCUT2D eigenvalue weighted by molar-refractivity contribution is 0.0834. The van der Waals surface area contributed by atoms with E-state index in [1.807, 2.05) is 52.8 Å². The third-order valence-electron chi connectivity index (χ3n) is 3.72. The second-order valence-electron chi connectivity index (χ2n) is 5.48. The fourth-order valence-electron chi connectivity index (χ4n) is 2.35. The van der Waals surface area contributed by atoms with E-state index in [1.165, 1.54) is 0 Å². The van der Waals surface area contributed by atoms with Gasteiger partial charge in [0.15, 0.2) is 5.78 Å². The van der Waals surface area contributed by atoms with Gasteiger partial charge in [-0.1, -0.05) is 24.6 Å². The summed E-state index contributed by atoms with van der Waals surface area (Å²) in [5.41, 5.74) is 2.90. The van der Waals surface area contributed by atoms with Crippen molar-refractivity contribution in [1.82, 2.24) is 4.90 Å². The van der Waals surface area contributed by atoms with Crippen LogP contribution in [-0.4, -0.2) is 29.8 Å². The number of Topliss-reactive ketones (excluding diaryl/α,β-unsaturated/α-hetero) is 1. The molecular weight excluding hydrogens is 248 g/mol. The van der Waals surface area contributed by atoms with Crippen LogP contribution in [0.4, 0.5) is 0 Å². The Morgan fingerprint density at radius 3 is 2.55 bits per heavy atom. The first-order chi connectivity index (χ1) is 9.40. The van der Waals surface area contributed by atoms with E-state index in [0.717, 1.165) is 23.2 Å². The summed E-state index contributed by atoms with van der Waals surface area (Å²) in [6, 6.07) is 8.00. The average molecular weight is 272 g/mol. The van der Waals surface area contributed by atoms with Gasteiger partial charge in [0, 0.05) is 12.1 Å². The normalized spacial score (nSPS) is 13.8. The lowest BCUT2D eigenvalue weighted by Crippen LogP contribution is -2.41. The van der Waals surface area contributed by atoms with E-state index in [0.29, 0.717) is 6.54 Å². The molecule has 0 bridgehead atoms. The van der Waals surface area contributed by atoms with Gasteiger partial charge in [-0.05, 0) is 45.9 Å². The van der Waals surface area contributed by atoms with Crippen LogP contribution in [0.2, 0.25) is 0 Å². The SMILES string of the molecule is CCN(CC(C)C#N)C(C)C(=O)c1cc(C)ccc1C. The van der Waals surface area contributed by atoms with Crippen molar-refractivity contribution in [3.05, 3.63) is 34.9 Å². The third kappa shape index (κ3) is 3.91. The first kappa shape index (κ1) is 16.4. The van der Waals surface area contributed by atoms with Crippen LogP contribution in [0, 0.1) is 31.1 Å². The average Bonchev–Trinajstić information content (AvgIpc) is 2.45. The molecule has 0 aromatic heterocycles. The molecule has 0 fully saturated rings. The molecule has 1 aromatic rings. The van der Waals surface area contributed by atoms with Gasteiger partial charge in [-0.2, -0.15) is 5.26 Å². The zero-order valence-electron chi connectivity index (χ0n) is 13.1. The first-order valence-electron chi connectivity index (χ1n) is 7.15. The molecule has 1 rings (SSSR count). The quantitative estimate of drug-likeness (QED) is 0.746. The number of carbonyl (C=O) groups is 1. The molecule has 108 valence electrons. The largest absolute Gasteiger partial charge is 0.292 e. The Kier molecular flexibility index (Phi) is 5.91. The summed E-state index contributed by atoms with van der Waals surface area (Å²) >= 11 is 0. The van der Waals surface area contributed by atoms with Crippen molar-refractivity contribution in [1.29, 1.82) is 5.26 Å². The van der Waals surface area contributed by atoms with E-state index in [4.69, 9.17) is 5.26 Å². The highest BCUT2D eigenvalue weighted by molar-refractivity contribution is 6.01. The highest BCUT2D eigenvalue weighted by Crippen LogP contribution is 2.16. The van der Waals surface area contributed by atoms with Crippen LogP contribution >= 0.6 is 0 Å². The third-order valence-corrected chi connectivity index (χ3v) is 3.72. The summed E-state index contributed by atoms with van der Waals surface area (Å²) in [6.45, 7) is 11.2. The molecule has 1 aromatic carbocycles. The van der Waals surface area contributed by atoms with Crippen LogP contribution < -0.4 is 0 Å². The lowest BCUT2D eigenvalue weighted by atomic mass is 9.97. The van der Waals surface area contributed by atoms with Crippen LogP contribution in [0.15, 0.2) is 18.2 Å². The summed E-state index contributed by atoms with van der Waals surface area (Å²) in [5.74, 6) is 0.0713. The monoisotopic (exact) mass is 272 g/mol. The molecule has 0 aliphatic rings. The summed E-state index contributed by atoms with van der Waals surface area (Å²) in [7, 11) is 0. The van der Waals surface area contributed by atoms with Crippen molar-refractivity contribution in [2.45, 2.75) is 40.7 Å². The van der Waals surface area contributed by atoms with Crippen molar-refractivity contribution < 1.29 is 4.79 Å². The van der Waals surface area contributed by atoms with Gasteiger partial charge in [-0.25, -0.2) is 0 Å². The maximum atomic E-state index is 12.7. The van der Waals surface area contributed by atoms with E-state index in [-0.39, 0.29) is 17.7 Å². The number of hydrogen-bond acceptors (Lipinski definition) is 3. The Morgan fingerprint density at radius 2 is 2.00 bits per heavy atom. The molecule has 0 heterocycles. The number of nitrogens with zero attached hydrogens (tertiary/aromatic N) is 2. The number of aryl methyl sites for hydroxylation is 2. The van der Waals surface area contributed by atoms with Gasteiger partial charge in [0.25, 0.3) is 0 Å². The number of benzene rings is 1. The molecule has 0 spiro atoms. The lowest BCUT2D eigenvalue weighted by Gasteiger charge is -2.28. The Bertz CT molecular complexity index is 516. The van der Waals surface area contributed by atoms with E-state index < -0.39 is 0 Å². The smallest absolute Gasteiger partial charge is 0.179 e. The molecule has 0 aliphatic carbocycles.